The Morgan fingerprint density at radius 3 is 2.29 bits per heavy atom. The van der Waals surface area contributed by atoms with Gasteiger partial charge in [-0.3, -0.25) is 4.79 Å². The van der Waals surface area contributed by atoms with Crippen LogP contribution in [0.5, 0.6) is 0 Å². The van der Waals surface area contributed by atoms with E-state index in [0.29, 0.717) is 6.54 Å². The molecule has 1 heterocycles. The number of aliphatic hydroxyl groups is 2. The highest BCUT2D eigenvalue weighted by molar-refractivity contribution is 5.73. The summed E-state index contributed by atoms with van der Waals surface area (Å²) in [7, 11) is 0. The number of rotatable bonds is 5. The summed E-state index contributed by atoms with van der Waals surface area (Å²) >= 11 is 0. The van der Waals surface area contributed by atoms with Crippen molar-refractivity contribution in [2.45, 2.75) is 32.7 Å². The van der Waals surface area contributed by atoms with Crippen LogP contribution in [-0.4, -0.2) is 59.9 Å². The molecular weight excluding hydrogens is 220 g/mol. The molecule has 0 aliphatic carbocycles. The molecule has 5 heteroatoms. The monoisotopic (exact) mass is 244 g/mol. The lowest BCUT2D eigenvalue weighted by Gasteiger charge is -2.37. The van der Waals surface area contributed by atoms with Crippen molar-refractivity contribution in [3.05, 3.63) is 0 Å². The summed E-state index contributed by atoms with van der Waals surface area (Å²) in [5.41, 5.74) is -0.430. The van der Waals surface area contributed by atoms with Crippen LogP contribution in [0.4, 0.5) is 0 Å². The zero-order valence-corrected chi connectivity index (χ0v) is 10.8. The van der Waals surface area contributed by atoms with E-state index >= 15 is 0 Å². The minimum Gasteiger partial charge on any atom is -0.396 e. The summed E-state index contributed by atoms with van der Waals surface area (Å²) in [6.45, 7) is 5.92. The molecule has 0 atom stereocenters. The Hall–Kier alpha value is -0.650. The fraction of sp³-hybridized carbons (Fsp3) is 0.917. The van der Waals surface area contributed by atoms with Crippen LogP contribution in [0.2, 0.25) is 0 Å². The van der Waals surface area contributed by atoms with Crippen LogP contribution in [0.3, 0.4) is 0 Å². The minimum atomic E-state index is -0.430. The van der Waals surface area contributed by atoms with E-state index in [9.17, 15) is 15.0 Å². The first-order valence-corrected chi connectivity index (χ1v) is 6.20. The Labute approximate surface area is 103 Å². The van der Waals surface area contributed by atoms with E-state index in [2.05, 4.69) is 10.2 Å². The maximum absolute atomic E-state index is 10.9. The second-order valence-corrected chi connectivity index (χ2v) is 5.38. The third kappa shape index (κ3) is 4.61. The van der Waals surface area contributed by atoms with Gasteiger partial charge in [0.2, 0.25) is 5.91 Å². The Balaban J connectivity index is 2.34. The highest BCUT2D eigenvalue weighted by Crippen LogP contribution is 2.19. The number of piperidine rings is 1. The number of nitrogens with zero attached hydrogens (tertiary/aromatic N) is 1. The summed E-state index contributed by atoms with van der Waals surface area (Å²) < 4.78 is 0. The van der Waals surface area contributed by atoms with Crippen molar-refractivity contribution in [2.75, 3.05) is 32.8 Å². The smallest absolute Gasteiger partial charge is 0.217 e. The molecular formula is C12H24N2O3. The molecule has 100 valence electrons. The molecule has 0 aromatic rings. The second kappa shape index (κ2) is 6.33. The van der Waals surface area contributed by atoms with Crippen molar-refractivity contribution in [3.63, 3.8) is 0 Å². The first-order chi connectivity index (χ1) is 7.99. The Morgan fingerprint density at radius 2 is 1.88 bits per heavy atom. The van der Waals surface area contributed by atoms with Gasteiger partial charge in [-0.2, -0.15) is 0 Å². The third-order valence-corrected chi connectivity index (χ3v) is 3.36. The predicted molar refractivity (Wildman–Crippen MR) is 65.6 cm³/mol. The van der Waals surface area contributed by atoms with Gasteiger partial charge in [-0.05, 0) is 12.8 Å². The van der Waals surface area contributed by atoms with Gasteiger partial charge in [-0.25, -0.2) is 0 Å². The van der Waals surface area contributed by atoms with E-state index < -0.39 is 5.41 Å². The van der Waals surface area contributed by atoms with E-state index in [4.69, 9.17) is 0 Å². The average molecular weight is 244 g/mol. The van der Waals surface area contributed by atoms with Crippen LogP contribution in [0.25, 0.3) is 0 Å². The molecule has 0 aromatic carbocycles. The van der Waals surface area contributed by atoms with Gasteiger partial charge in [0.15, 0.2) is 0 Å². The van der Waals surface area contributed by atoms with Crippen LogP contribution >= 0.6 is 0 Å². The molecule has 17 heavy (non-hydrogen) atoms. The second-order valence-electron chi connectivity index (χ2n) is 5.38. The van der Waals surface area contributed by atoms with Crippen molar-refractivity contribution >= 4 is 5.91 Å². The molecule has 0 aromatic heterocycles. The van der Waals surface area contributed by atoms with Crippen LogP contribution in [0.15, 0.2) is 0 Å². The highest BCUT2D eigenvalue weighted by Gasteiger charge is 2.28. The van der Waals surface area contributed by atoms with Gasteiger partial charge in [0.25, 0.3) is 0 Å². The number of aliphatic hydroxyl groups excluding tert-OH is 2. The molecule has 0 saturated carbocycles. The van der Waals surface area contributed by atoms with Gasteiger partial charge in [0.1, 0.15) is 0 Å². The fourth-order valence-corrected chi connectivity index (χ4v) is 2.21. The quantitative estimate of drug-likeness (QED) is 0.614. The molecule has 1 fully saturated rings. The lowest BCUT2D eigenvalue weighted by molar-refractivity contribution is -0.120. The molecule has 0 bridgehead atoms. The topological polar surface area (TPSA) is 72.8 Å². The van der Waals surface area contributed by atoms with Crippen molar-refractivity contribution in [1.82, 2.24) is 10.2 Å². The summed E-state index contributed by atoms with van der Waals surface area (Å²) in [6.07, 6.45) is 1.87. The molecule has 1 aliphatic rings. The number of amides is 1. The first-order valence-electron chi connectivity index (χ1n) is 6.20. The first kappa shape index (κ1) is 14.4. The maximum atomic E-state index is 10.9. The molecule has 0 spiro atoms. The largest absolute Gasteiger partial charge is 0.396 e. The van der Waals surface area contributed by atoms with Gasteiger partial charge in [-0.15, -0.1) is 0 Å². The van der Waals surface area contributed by atoms with Gasteiger partial charge in [0, 0.05) is 38.0 Å². The molecule has 3 N–H and O–H groups in total. The molecule has 5 nitrogen and oxygen atoms in total. The van der Waals surface area contributed by atoms with E-state index in [1.165, 1.54) is 0 Å². The Morgan fingerprint density at radius 1 is 1.35 bits per heavy atom. The molecule has 1 amide bonds. The predicted octanol–water partition coefficient (Wildman–Crippen LogP) is -0.422. The molecule has 1 aliphatic heterocycles. The van der Waals surface area contributed by atoms with Gasteiger partial charge in [-0.1, -0.05) is 6.92 Å². The Bertz CT molecular complexity index is 246. The van der Waals surface area contributed by atoms with Crippen molar-refractivity contribution in [1.29, 1.82) is 0 Å². The number of nitrogens with one attached hydrogen (secondary N) is 1. The zero-order chi connectivity index (χ0) is 12.9. The molecule has 0 unspecified atom stereocenters. The summed E-state index contributed by atoms with van der Waals surface area (Å²) in [4.78, 5) is 13.2. The van der Waals surface area contributed by atoms with E-state index in [-0.39, 0.29) is 25.2 Å². The van der Waals surface area contributed by atoms with Crippen molar-refractivity contribution < 1.29 is 15.0 Å². The average Bonchev–Trinajstić information content (AvgIpc) is 2.31. The lowest BCUT2D eigenvalue weighted by Crippen LogP contribution is -2.48. The van der Waals surface area contributed by atoms with Gasteiger partial charge >= 0.3 is 0 Å². The standard InChI is InChI=1S/C12H24N2O3/c1-10(17)13-11-3-5-14(6-4-11)7-12(2,8-15)9-16/h11,15-16H,3-9H2,1-2H3,(H,13,17). The molecule has 1 saturated heterocycles. The summed E-state index contributed by atoms with van der Waals surface area (Å²) in [5.74, 6) is 0.0269. The fourth-order valence-electron chi connectivity index (χ4n) is 2.21. The van der Waals surface area contributed by atoms with Crippen LogP contribution < -0.4 is 5.32 Å². The minimum absolute atomic E-state index is 0.00484. The Kier molecular flexibility index (Phi) is 5.36. The number of carbonyl (C=O) groups excluding carboxylic acids is 1. The number of likely N-dealkylation sites (tertiary alicyclic amines) is 1. The molecule has 1 rings (SSSR count). The van der Waals surface area contributed by atoms with Crippen LogP contribution in [-0.2, 0) is 4.79 Å². The van der Waals surface area contributed by atoms with Gasteiger partial charge < -0.3 is 20.4 Å². The number of carbonyl (C=O) groups is 1. The molecule has 0 radical (unpaired) electrons. The van der Waals surface area contributed by atoms with Crippen LogP contribution in [0.1, 0.15) is 26.7 Å². The number of hydrogen-bond donors (Lipinski definition) is 3. The van der Waals surface area contributed by atoms with Crippen LogP contribution in [0, 0.1) is 5.41 Å². The number of hydrogen-bond acceptors (Lipinski definition) is 4. The maximum Gasteiger partial charge on any atom is 0.217 e. The van der Waals surface area contributed by atoms with E-state index in [0.717, 1.165) is 25.9 Å². The third-order valence-electron chi connectivity index (χ3n) is 3.36. The highest BCUT2D eigenvalue weighted by atomic mass is 16.3. The lowest BCUT2D eigenvalue weighted by atomic mass is 9.91. The normalized spacial score (nSPS) is 19.3. The SMILES string of the molecule is CC(=O)NC1CCN(CC(C)(CO)CO)CC1. The summed E-state index contributed by atoms with van der Waals surface area (Å²) in [6, 6.07) is 0.276. The van der Waals surface area contributed by atoms with Gasteiger partial charge in [0.05, 0.1) is 13.2 Å². The van der Waals surface area contributed by atoms with Crippen molar-refractivity contribution in [2.24, 2.45) is 5.41 Å². The summed E-state index contributed by atoms with van der Waals surface area (Å²) in [5, 5.41) is 21.4. The van der Waals surface area contributed by atoms with E-state index in [1.807, 2.05) is 6.92 Å². The van der Waals surface area contributed by atoms with Crippen molar-refractivity contribution in [3.8, 4) is 0 Å². The van der Waals surface area contributed by atoms with E-state index in [1.54, 1.807) is 6.92 Å². The zero-order valence-electron chi connectivity index (χ0n) is 10.8.